The molecule has 0 heterocycles. The maximum Gasteiger partial charge on any atom is 0.307 e. The molecular formula is C15H16Cl2N2O3. The molecule has 1 rings (SSSR count). The van der Waals surface area contributed by atoms with Crippen LogP contribution in [0.1, 0.15) is 30.1 Å². The van der Waals surface area contributed by atoms with Crippen molar-refractivity contribution in [1.29, 1.82) is 5.26 Å². The van der Waals surface area contributed by atoms with Crippen LogP contribution in [-0.4, -0.2) is 36.5 Å². The van der Waals surface area contributed by atoms with E-state index in [1.807, 2.05) is 6.07 Å². The Bertz CT molecular complexity index is 564. The molecule has 5 nitrogen and oxygen atoms in total. The monoisotopic (exact) mass is 342 g/mol. The van der Waals surface area contributed by atoms with E-state index in [0.717, 1.165) is 0 Å². The minimum absolute atomic E-state index is 0.0688. The molecule has 0 atom stereocenters. The fraction of sp³-hybridized carbons (Fsp3) is 0.400. The molecular weight excluding hydrogens is 327 g/mol. The molecule has 0 bridgehead atoms. The zero-order valence-electron chi connectivity index (χ0n) is 12.1. The molecule has 0 fully saturated rings. The van der Waals surface area contributed by atoms with Gasteiger partial charge in [0.15, 0.2) is 0 Å². The van der Waals surface area contributed by atoms with Crippen LogP contribution in [0.3, 0.4) is 0 Å². The molecule has 1 aromatic carbocycles. The van der Waals surface area contributed by atoms with Crippen molar-refractivity contribution in [3.8, 4) is 6.07 Å². The predicted octanol–water partition coefficient (Wildman–Crippen LogP) is 3.30. The van der Waals surface area contributed by atoms with Gasteiger partial charge < -0.3 is 9.64 Å². The molecule has 118 valence electrons. The number of carbonyl (C=O) groups excluding carboxylic acids is 2. The number of rotatable bonds is 7. The molecule has 1 amide bonds. The van der Waals surface area contributed by atoms with E-state index < -0.39 is 0 Å². The van der Waals surface area contributed by atoms with Gasteiger partial charge >= 0.3 is 5.97 Å². The zero-order chi connectivity index (χ0) is 16.5. The fourth-order valence-corrected chi connectivity index (χ4v) is 2.35. The molecule has 0 radical (unpaired) electrons. The Balaban J connectivity index is 2.83. The fourth-order valence-electron chi connectivity index (χ4n) is 1.82. The van der Waals surface area contributed by atoms with Gasteiger partial charge in [0.2, 0.25) is 0 Å². The smallest absolute Gasteiger partial charge is 0.307 e. The lowest BCUT2D eigenvalue weighted by atomic mass is 10.2. The van der Waals surface area contributed by atoms with Crippen LogP contribution in [0.25, 0.3) is 0 Å². The van der Waals surface area contributed by atoms with Gasteiger partial charge in [-0.05, 0) is 25.1 Å². The van der Waals surface area contributed by atoms with Crippen molar-refractivity contribution in [3.05, 3.63) is 33.8 Å². The van der Waals surface area contributed by atoms with Crippen molar-refractivity contribution < 1.29 is 14.3 Å². The van der Waals surface area contributed by atoms with Crippen LogP contribution in [0, 0.1) is 11.3 Å². The first kappa shape index (κ1) is 18.3. The highest BCUT2D eigenvalue weighted by Crippen LogP contribution is 2.20. The number of esters is 1. The molecule has 0 aliphatic rings. The lowest BCUT2D eigenvalue weighted by molar-refractivity contribution is -0.143. The van der Waals surface area contributed by atoms with Crippen molar-refractivity contribution >= 4 is 35.1 Å². The second-order valence-electron chi connectivity index (χ2n) is 4.41. The number of hydrogen-bond donors (Lipinski definition) is 0. The van der Waals surface area contributed by atoms with Crippen molar-refractivity contribution in [2.45, 2.75) is 19.8 Å². The molecule has 7 heteroatoms. The van der Waals surface area contributed by atoms with Crippen molar-refractivity contribution in [2.24, 2.45) is 0 Å². The zero-order valence-corrected chi connectivity index (χ0v) is 13.7. The number of nitriles is 1. The number of carbonyl (C=O) groups is 2. The van der Waals surface area contributed by atoms with E-state index in [4.69, 9.17) is 33.2 Å². The number of benzene rings is 1. The van der Waals surface area contributed by atoms with Crippen LogP contribution < -0.4 is 0 Å². The van der Waals surface area contributed by atoms with Crippen LogP contribution in [0.5, 0.6) is 0 Å². The summed E-state index contributed by atoms with van der Waals surface area (Å²) in [6.45, 7) is 2.39. The van der Waals surface area contributed by atoms with Gasteiger partial charge in [-0.2, -0.15) is 5.26 Å². The van der Waals surface area contributed by atoms with E-state index in [9.17, 15) is 9.59 Å². The van der Waals surface area contributed by atoms with Crippen LogP contribution in [-0.2, 0) is 9.53 Å². The average molecular weight is 343 g/mol. The molecule has 0 saturated heterocycles. The summed E-state index contributed by atoms with van der Waals surface area (Å²) < 4.78 is 4.84. The highest BCUT2D eigenvalue weighted by molar-refractivity contribution is 6.35. The molecule has 0 aromatic heterocycles. The van der Waals surface area contributed by atoms with Crippen molar-refractivity contribution in [1.82, 2.24) is 4.90 Å². The molecule has 1 aromatic rings. The van der Waals surface area contributed by atoms with Crippen LogP contribution >= 0.6 is 23.2 Å². The largest absolute Gasteiger partial charge is 0.466 e. The molecule has 22 heavy (non-hydrogen) atoms. The number of amides is 1. The first-order valence-corrected chi connectivity index (χ1v) is 7.51. The quantitative estimate of drug-likeness (QED) is 0.712. The molecule has 0 aliphatic heterocycles. The van der Waals surface area contributed by atoms with E-state index >= 15 is 0 Å². The maximum atomic E-state index is 12.5. The molecule has 0 N–H and O–H groups in total. The van der Waals surface area contributed by atoms with Gasteiger partial charge in [0.25, 0.3) is 5.91 Å². The summed E-state index contributed by atoms with van der Waals surface area (Å²) >= 11 is 11.8. The van der Waals surface area contributed by atoms with Crippen LogP contribution in [0.4, 0.5) is 0 Å². The second-order valence-corrected chi connectivity index (χ2v) is 5.29. The van der Waals surface area contributed by atoms with E-state index in [1.165, 1.54) is 23.1 Å². The Labute approximate surface area is 139 Å². The SMILES string of the molecule is CCOC(=O)CCN(CCC#N)C(=O)c1cc(Cl)cc(Cl)c1. The minimum atomic E-state index is -0.388. The average Bonchev–Trinajstić information content (AvgIpc) is 2.46. The number of nitrogens with zero attached hydrogens (tertiary/aromatic N) is 2. The summed E-state index contributed by atoms with van der Waals surface area (Å²) in [6, 6.07) is 6.50. The van der Waals surface area contributed by atoms with Gasteiger partial charge in [-0.25, -0.2) is 0 Å². The third-order valence-electron chi connectivity index (χ3n) is 2.78. The molecule has 0 unspecified atom stereocenters. The third kappa shape index (κ3) is 5.92. The summed E-state index contributed by atoms with van der Waals surface area (Å²) in [7, 11) is 0. The van der Waals surface area contributed by atoms with E-state index in [-0.39, 0.29) is 44.4 Å². The Kier molecular flexibility index (Phi) is 7.72. The molecule has 0 saturated carbocycles. The lowest BCUT2D eigenvalue weighted by Crippen LogP contribution is -2.34. The predicted molar refractivity (Wildman–Crippen MR) is 83.8 cm³/mol. The summed E-state index contributed by atoms with van der Waals surface area (Å²) in [5.74, 6) is -0.717. The summed E-state index contributed by atoms with van der Waals surface area (Å²) in [5.41, 5.74) is 0.319. The highest BCUT2D eigenvalue weighted by atomic mass is 35.5. The van der Waals surface area contributed by atoms with Gasteiger partial charge in [0.1, 0.15) is 0 Å². The maximum absolute atomic E-state index is 12.5. The lowest BCUT2D eigenvalue weighted by Gasteiger charge is -2.21. The van der Waals surface area contributed by atoms with E-state index in [0.29, 0.717) is 15.6 Å². The standard InChI is InChI=1S/C15H16Cl2N2O3/c1-2-22-14(20)4-7-19(6-3-5-18)15(21)11-8-12(16)10-13(17)9-11/h8-10H,2-4,6-7H2,1H3. The third-order valence-corrected chi connectivity index (χ3v) is 3.22. The van der Waals surface area contributed by atoms with Gasteiger partial charge in [0.05, 0.1) is 25.5 Å². The first-order chi connectivity index (χ1) is 10.5. The highest BCUT2D eigenvalue weighted by Gasteiger charge is 2.18. The molecule has 0 spiro atoms. The number of hydrogen-bond acceptors (Lipinski definition) is 4. The van der Waals surface area contributed by atoms with Crippen molar-refractivity contribution in [2.75, 3.05) is 19.7 Å². The first-order valence-electron chi connectivity index (χ1n) is 6.75. The summed E-state index contributed by atoms with van der Waals surface area (Å²) in [5, 5.41) is 9.39. The number of ether oxygens (including phenoxy) is 1. The second kappa shape index (κ2) is 9.29. The van der Waals surface area contributed by atoms with E-state index in [1.54, 1.807) is 6.92 Å². The summed E-state index contributed by atoms with van der Waals surface area (Å²) in [6.07, 6.45) is 0.238. The molecule has 0 aliphatic carbocycles. The topological polar surface area (TPSA) is 70.4 Å². The van der Waals surface area contributed by atoms with Crippen LogP contribution in [0.2, 0.25) is 10.0 Å². The Morgan fingerprint density at radius 3 is 2.41 bits per heavy atom. The minimum Gasteiger partial charge on any atom is -0.466 e. The van der Waals surface area contributed by atoms with Gasteiger partial charge in [-0.3, -0.25) is 9.59 Å². The Hall–Kier alpha value is -1.77. The van der Waals surface area contributed by atoms with Crippen LogP contribution in [0.15, 0.2) is 18.2 Å². The normalized spacial score (nSPS) is 9.91. The van der Waals surface area contributed by atoms with Gasteiger partial charge in [-0.1, -0.05) is 23.2 Å². The van der Waals surface area contributed by atoms with Gasteiger partial charge in [-0.15, -0.1) is 0 Å². The van der Waals surface area contributed by atoms with Crippen molar-refractivity contribution in [3.63, 3.8) is 0 Å². The summed E-state index contributed by atoms with van der Waals surface area (Å²) in [4.78, 5) is 25.3. The van der Waals surface area contributed by atoms with Gasteiger partial charge in [0, 0.05) is 28.7 Å². The van der Waals surface area contributed by atoms with E-state index in [2.05, 4.69) is 0 Å². The number of halogens is 2. The Morgan fingerprint density at radius 1 is 1.23 bits per heavy atom. The Morgan fingerprint density at radius 2 is 1.86 bits per heavy atom.